The maximum atomic E-state index is 12.4. The molecule has 2 rings (SSSR count). The van der Waals surface area contributed by atoms with Crippen LogP contribution in [0.2, 0.25) is 0 Å². The Morgan fingerprint density at radius 1 is 1.17 bits per heavy atom. The minimum absolute atomic E-state index is 0.0859. The number of carboxylic acid groups (broad SMARTS) is 1. The molecule has 6 nitrogen and oxygen atoms in total. The lowest BCUT2D eigenvalue weighted by atomic mass is 10.1. The number of hydrogen-bond acceptors (Lipinski definition) is 4. The summed E-state index contributed by atoms with van der Waals surface area (Å²) in [5.74, 6) is -0.460. The van der Waals surface area contributed by atoms with Crippen molar-refractivity contribution in [1.82, 2.24) is 0 Å². The summed E-state index contributed by atoms with van der Waals surface area (Å²) in [4.78, 5) is 23.6. The molecule has 0 saturated carbocycles. The topological polar surface area (TPSA) is 88.8 Å². The van der Waals surface area contributed by atoms with Gasteiger partial charge in [0.05, 0.1) is 12.2 Å². The first kappa shape index (κ1) is 17.7. The Hall–Kier alpha value is -2.60. The number of amides is 1. The highest BCUT2D eigenvalue weighted by Crippen LogP contribution is 2.20. The lowest BCUT2D eigenvalue weighted by molar-refractivity contribution is 0.0696. The van der Waals surface area contributed by atoms with Gasteiger partial charge in [0, 0.05) is 19.2 Å². The first-order valence-corrected chi connectivity index (χ1v) is 7.77. The molecule has 24 heavy (non-hydrogen) atoms. The van der Waals surface area contributed by atoms with Gasteiger partial charge < -0.3 is 19.6 Å². The molecule has 0 fully saturated rings. The lowest BCUT2D eigenvalue weighted by Gasteiger charge is -2.08. The number of methoxy groups -OCH3 is 1. The Labute approximate surface area is 140 Å². The Morgan fingerprint density at radius 2 is 1.92 bits per heavy atom. The van der Waals surface area contributed by atoms with Gasteiger partial charge in [0.2, 0.25) is 0 Å². The summed E-state index contributed by atoms with van der Waals surface area (Å²) in [7, 11) is 1.52. The number of rotatable bonds is 7. The van der Waals surface area contributed by atoms with Crippen molar-refractivity contribution in [3.63, 3.8) is 0 Å². The third-order valence-electron chi connectivity index (χ3n) is 3.63. The summed E-state index contributed by atoms with van der Waals surface area (Å²) in [6, 6.07) is 6.33. The van der Waals surface area contributed by atoms with Gasteiger partial charge in [0.25, 0.3) is 5.91 Å². The van der Waals surface area contributed by atoms with E-state index in [1.807, 2.05) is 13.8 Å². The van der Waals surface area contributed by atoms with Gasteiger partial charge in [-0.3, -0.25) is 4.79 Å². The predicted molar refractivity (Wildman–Crippen MR) is 89.5 cm³/mol. The van der Waals surface area contributed by atoms with Gasteiger partial charge in [-0.25, -0.2) is 4.79 Å². The van der Waals surface area contributed by atoms with Gasteiger partial charge in [-0.05, 0) is 41.8 Å². The first-order chi connectivity index (χ1) is 11.5. The summed E-state index contributed by atoms with van der Waals surface area (Å²) in [6.45, 7) is 4.22. The van der Waals surface area contributed by atoms with Gasteiger partial charge in [-0.2, -0.15) is 0 Å². The summed E-state index contributed by atoms with van der Waals surface area (Å²) in [6.07, 6.45) is 1.50. The van der Waals surface area contributed by atoms with Crippen LogP contribution in [0.25, 0.3) is 0 Å². The Morgan fingerprint density at radius 3 is 2.46 bits per heavy atom. The smallest absolute Gasteiger partial charge is 0.335 e. The molecular weight excluding hydrogens is 310 g/mol. The molecule has 0 spiro atoms. The van der Waals surface area contributed by atoms with Gasteiger partial charge in [0.15, 0.2) is 5.76 Å². The van der Waals surface area contributed by atoms with Crippen molar-refractivity contribution >= 4 is 17.6 Å². The molecule has 0 saturated heterocycles. The SMILES string of the molecule is CCc1cc(C(=O)Nc2cc(COC)cc(C(=O)O)c2)oc1CC. The quantitative estimate of drug-likeness (QED) is 0.810. The van der Waals surface area contributed by atoms with Crippen molar-refractivity contribution in [3.8, 4) is 0 Å². The van der Waals surface area contributed by atoms with E-state index in [1.165, 1.54) is 19.2 Å². The van der Waals surface area contributed by atoms with Crippen LogP contribution in [0.3, 0.4) is 0 Å². The molecule has 1 heterocycles. The van der Waals surface area contributed by atoms with Gasteiger partial charge in [0.1, 0.15) is 5.76 Å². The van der Waals surface area contributed by atoms with Gasteiger partial charge >= 0.3 is 5.97 Å². The van der Waals surface area contributed by atoms with E-state index >= 15 is 0 Å². The molecule has 0 bridgehead atoms. The Bertz CT molecular complexity index is 726. The summed E-state index contributed by atoms with van der Waals surface area (Å²) in [5, 5.41) is 11.9. The summed E-state index contributed by atoms with van der Waals surface area (Å²) < 4.78 is 10.6. The molecular formula is C18H21NO5. The molecule has 0 radical (unpaired) electrons. The first-order valence-electron chi connectivity index (χ1n) is 7.77. The molecule has 0 aliphatic heterocycles. The van der Waals surface area contributed by atoms with E-state index in [-0.39, 0.29) is 17.9 Å². The number of benzene rings is 1. The normalized spacial score (nSPS) is 10.6. The number of carboxylic acids is 1. The predicted octanol–water partition coefficient (Wildman–Crippen LogP) is 3.50. The third-order valence-corrected chi connectivity index (χ3v) is 3.63. The second kappa shape index (κ2) is 7.79. The van der Waals surface area contributed by atoms with Crippen molar-refractivity contribution < 1.29 is 23.8 Å². The van der Waals surface area contributed by atoms with E-state index in [9.17, 15) is 14.7 Å². The zero-order valence-corrected chi connectivity index (χ0v) is 14.0. The highest BCUT2D eigenvalue weighted by molar-refractivity contribution is 6.03. The second-order valence-corrected chi connectivity index (χ2v) is 5.38. The summed E-state index contributed by atoms with van der Waals surface area (Å²) >= 11 is 0. The van der Waals surface area contributed by atoms with E-state index in [1.54, 1.807) is 12.1 Å². The van der Waals surface area contributed by atoms with Crippen LogP contribution < -0.4 is 5.32 Å². The number of hydrogen-bond donors (Lipinski definition) is 2. The number of carbonyl (C=O) groups is 2. The number of nitrogens with one attached hydrogen (secondary N) is 1. The van der Waals surface area contributed by atoms with Crippen LogP contribution in [0.15, 0.2) is 28.7 Å². The molecule has 0 atom stereocenters. The van der Waals surface area contributed by atoms with Crippen LogP contribution in [0.1, 0.15) is 51.6 Å². The number of ether oxygens (including phenoxy) is 1. The molecule has 1 amide bonds. The zero-order valence-electron chi connectivity index (χ0n) is 14.0. The maximum absolute atomic E-state index is 12.4. The molecule has 2 aromatic rings. The largest absolute Gasteiger partial charge is 0.478 e. The average molecular weight is 331 g/mol. The van der Waals surface area contributed by atoms with Crippen LogP contribution in [-0.4, -0.2) is 24.1 Å². The molecule has 6 heteroatoms. The third kappa shape index (κ3) is 4.02. The Balaban J connectivity index is 2.27. The fourth-order valence-electron chi connectivity index (χ4n) is 2.51. The number of aromatic carboxylic acids is 1. The summed E-state index contributed by atoms with van der Waals surface area (Å²) in [5.41, 5.74) is 2.14. The lowest BCUT2D eigenvalue weighted by Crippen LogP contribution is -2.12. The monoisotopic (exact) mass is 331 g/mol. The fourth-order valence-corrected chi connectivity index (χ4v) is 2.51. The number of furan rings is 1. The minimum atomic E-state index is -1.07. The standard InChI is InChI=1S/C18H21NO5/c1-4-12-9-16(24-15(12)5-2)17(20)19-14-7-11(10-23-3)6-13(8-14)18(21)22/h6-9H,4-5,10H2,1-3H3,(H,19,20)(H,21,22). The van der Waals surface area contributed by atoms with Crippen LogP contribution in [0, 0.1) is 0 Å². The zero-order chi connectivity index (χ0) is 17.7. The van der Waals surface area contributed by atoms with Gasteiger partial charge in [-0.1, -0.05) is 13.8 Å². The van der Waals surface area contributed by atoms with E-state index in [4.69, 9.17) is 9.15 Å². The van der Waals surface area contributed by atoms with Crippen LogP contribution in [0.5, 0.6) is 0 Å². The van der Waals surface area contributed by atoms with Crippen molar-refractivity contribution in [2.75, 3.05) is 12.4 Å². The second-order valence-electron chi connectivity index (χ2n) is 5.38. The highest BCUT2D eigenvalue weighted by atomic mass is 16.5. The number of aryl methyl sites for hydroxylation is 2. The molecule has 0 aliphatic carbocycles. The van der Waals surface area contributed by atoms with Crippen LogP contribution >= 0.6 is 0 Å². The number of anilines is 1. The molecule has 1 aromatic heterocycles. The molecule has 2 N–H and O–H groups in total. The van der Waals surface area contributed by atoms with Crippen LogP contribution in [-0.2, 0) is 24.2 Å². The minimum Gasteiger partial charge on any atom is -0.478 e. The van der Waals surface area contributed by atoms with E-state index in [0.29, 0.717) is 17.7 Å². The van der Waals surface area contributed by atoms with Crippen molar-refractivity contribution in [3.05, 3.63) is 52.5 Å². The van der Waals surface area contributed by atoms with E-state index in [0.717, 1.165) is 17.7 Å². The molecule has 0 unspecified atom stereocenters. The Kier molecular flexibility index (Phi) is 5.76. The van der Waals surface area contributed by atoms with Crippen molar-refractivity contribution in [2.45, 2.75) is 33.3 Å². The van der Waals surface area contributed by atoms with Crippen molar-refractivity contribution in [1.29, 1.82) is 0 Å². The van der Waals surface area contributed by atoms with Crippen LogP contribution in [0.4, 0.5) is 5.69 Å². The van der Waals surface area contributed by atoms with E-state index < -0.39 is 11.9 Å². The van der Waals surface area contributed by atoms with Crippen molar-refractivity contribution in [2.24, 2.45) is 0 Å². The molecule has 1 aromatic carbocycles. The maximum Gasteiger partial charge on any atom is 0.335 e. The fraction of sp³-hybridized carbons (Fsp3) is 0.333. The molecule has 0 aliphatic rings. The highest BCUT2D eigenvalue weighted by Gasteiger charge is 2.16. The van der Waals surface area contributed by atoms with E-state index in [2.05, 4.69) is 5.32 Å². The average Bonchev–Trinajstić information content (AvgIpc) is 2.98. The van der Waals surface area contributed by atoms with Gasteiger partial charge in [-0.15, -0.1) is 0 Å². The number of carbonyl (C=O) groups excluding carboxylic acids is 1. The molecule has 128 valence electrons.